The van der Waals surface area contributed by atoms with Crippen LogP contribution < -0.4 is 5.32 Å². The topological polar surface area (TPSA) is 55.4 Å². The van der Waals surface area contributed by atoms with Crippen molar-refractivity contribution in [3.05, 3.63) is 46.7 Å². The largest absolute Gasteiger partial charge is 0.463 e. The molecule has 0 aliphatic rings. The third-order valence-electron chi connectivity index (χ3n) is 2.94. The number of benzene rings is 1. The Hall–Kier alpha value is -2.14. The van der Waals surface area contributed by atoms with Crippen LogP contribution >= 0.6 is 11.3 Å². The number of rotatable bonds is 6. The summed E-state index contributed by atoms with van der Waals surface area (Å²) in [6, 6.07) is 11.7. The molecular weight excluding hydrogens is 298 g/mol. The summed E-state index contributed by atoms with van der Waals surface area (Å²) in [7, 11) is 0. The van der Waals surface area contributed by atoms with Crippen molar-refractivity contribution in [3.8, 4) is 11.1 Å². The number of hydrogen-bond donors (Lipinski definition) is 1. The summed E-state index contributed by atoms with van der Waals surface area (Å²) in [5.74, 6) is -0.462. The second-order valence-corrected chi connectivity index (χ2v) is 5.99. The Labute approximate surface area is 134 Å². The van der Waals surface area contributed by atoms with Gasteiger partial charge in [-0.15, -0.1) is 11.3 Å². The summed E-state index contributed by atoms with van der Waals surface area (Å²) in [6.07, 6.45) is 0.0425. The Bertz CT molecular complexity index is 634. The van der Waals surface area contributed by atoms with Crippen LogP contribution in [-0.4, -0.2) is 24.5 Å². The highest BCUT2D eigenvalue weighted by Crippen LogP contribution is 2.27. The number of carbonyl (C=O) groups excluding carboxylic acids is 2. The molecule has 2 rings (SSSR count). The number of carbonyl (C=O) groups is 2. The first kappa shape index (κ1) is 16.2. The molecule has 0 radical (unpaired) electrons. The fraction of sp³-hybridized carbons (Fsp3) is 0.294. The maximum absolute atomic E-state index is 12.3. The van der Waals surface area contributed by atoms with Crippen molar-refractivity contribution in [2.45, 2.75) is 26.4 Å². The third kappa shape index (κ3) is 4.43. The molecule has 0 saturated heterocycles. The van der Waals surface area contributed by atoms with Gasteiger partial charge in [-0.25, -0.2) is 0 Å². The van der Waals surface area contributed by atoms with Gasteiger partial charge in [0.25, 0.3) is 5.91 Å². The Morgan fingerprint density at radius 2 is 1.91 bits per heavy atom. The molecule has 0 fully saturated rings. The van der Waals surface area contributed by atoms with Gasteiger partial charge in [-0.3, -0.25) is 9.59 Å². The van der Waals surface area contributed by atoms with Gasteiger partial charge in [-0.1, -0.05) is 30.3 Å². The molecule has 2 aromatic rings. The molecule has 1 N–H and O–H groups in total. The van der Waals surface area contributed by atoms with Crippen molar-refractivity contribution in [1.82, 2.24) is 5.32 Å². The second-order valence-electron chi connectivity index (χ2n) is 5.07. The highest BCUT2D eigenvalue weighted by Gasteiger charge is 2.14. The van der Waals surface area contributed by atoms with Gasteiger partial charge in [0.15, 0.2) is 0 Å². The molecule has 0 saturated carbocycles. The predicted molar refractivity (Wildman–Crippen MR) is 87.9 cm³/mol. The third-order valence-corrected chi connectivity index (χ3v) is 3.85. The molecule has 1 aromatic carbocycles. The van der Waals surface area contributed by atoms with Crippen molar-refractivity contribution in [2.24, 2.45) is 0 Å². The highest BCUT2D eigenvalue weighted by atomic mass is 32.1. The summed E-state index contributed by atoms with van der Waals surface area (Å²) >= 11 is 1.39. The van der Waals surface area contributed by atoms with E-state index in [0.29, 0.717) is 4.88 Å². The molecule has 0 aliphatic heterocycles. The summed E-state index contributed by atoms with van der Waals surface area (Å²) in [4.78, 5) is 24.3. The van der Waals surface area contributed by atoms with E-state index in [1.165, 1.54) is 11.3 Å². The number of amides is 1. The van der Waals surface area contributed by atoms with E-state index >= 15 is 0 Å². The van der Waals surface area contributed by atoms with Gasteiger partial charge in [0.05, 0.1) is 17.4 Å². The summed E-state index contributed by atoms with van der Waals surface area (Å²) < 4.78 is 5.03. The lowest BCUT2D eigenvalue weighted by molar-refractivity contribution is -0.147. The predicted octanol–water partition coefficient (Wildman–Crippen LogP) is 3.49. The van der Waals surface area contributed by atoms with Gasteiger partial charge in [0.1, 0.15) is 0 Å². The first-order valence-electron chi connectivity index (χ1n) is 7.18. The van der Waals surface area contributed by atoms with Crippen LogP contribution in [0.15, 0.2) is 41.8 Å². The molecule has 0 bridgehead atoms. The molecule has 1 amide bonds. The van der Waals surface area contributed by atoms with Gasteiger partial charge in [0.2, 0.25) is 0 Å². The molecule has 0 spiro atoms. The van der Waals surface area contributed by atoms with Gasteiger partial charge >= 0.3 is 5.97 Å². The van der Waals surface area contributed by atoms with Gasteiger partial charge in [0, 0.05) is 12.1 Å². The van der Waals surface area contributed by atoms with E-state index < -0.39 is 0 Å². The zero-order valence-corrected chi connectivity index (χ0v) is 13.5. The normalized spacial score (nSPS) is 10.5. The van der Waals surface area contributed by atoms with Crippen LogP contribution in [0, 0.1) is 0 Å². The fourth-order valence-corrected chi connectivity index (χ4v) is 2.84. The zero-order chi connectivity index (χ0) is 15.9. The lowest BCUT2D eigenvalue weighted by Gasteiger charge is -2.09. The summed E-state index contributed by atoms with van der Waals surface area (Å²) in [5, 5.41) is 4.66. The maximum Gasteiger partial charge on any atom is 0.307 e. The van der Waals surface area contributed by atoms with Gasteiger partial charge in [-0.2, -0.15) is 0 Å². The summed E-state index contributed by atoms with van der Waals surface area (Å²) in [5.41, 5.74) is 1.92. The highest BCUT2D eigenvalue weighted by molar-refractivity contribution is 7.12. The van der Waals surface area contributed by atoms with E-state index in [2.05, 4.69) is 5.32 Å². The van der Waals surface area contributed by atoms with Crippen molar-refractivity contribution in [1.29, 1.82) is 0 Å². The lowest BCUT2D eigenvalue weighted by atomic mass is 10.1. The maximum atomic E-state index is 12.3. The first-order valence-corrected chi connectivity index (χ1v) is 8.06. The molecule has 0 unspecified atom stereocenters. The number of ether oxygens (including phenoxy) is 1. The van der Waals surface area contributed by atoms with E-state index in [-0.39, 0.29) is 30.9 Å². The van der Waals surface area contributed by atoms with Crippen LogP contribution in [0.4, 0.5) is 0 Å². The summed E-state index contributed by atoms with van der Waals surface area (Å²) in [6.45, 7) is 3.87. The molecule has 5 heteroatoms. The smallest absolute Gasteiger partial charge is 0.307 e. The quantitative estimate of drug-likeness (QED) is 0.830. The Morgan fingerprint density at radius 3 is 2.59 bits per heavy atom. The second kappa shape index (κ2) is 7.75. The average molecular weight is 317 g/mol. The van der Waals surface area contributed by atoms with Crippen molar-refractivity contribution < 1.29 is 14.3 Å². The Balaban J connectivity index is 1.94. The van der Waals surface area contributed by atoms with E-state index in [4.69, 9.17) is 4.74 Å². The SMILES string of the molecule is CC(C)OC(=O)CCNC(=O)c1sccc1-c1ccccc1. The van der Waals surface area contributed by atoms with Crippen molar-refractivity contribution >= 4 is 23.2 Å². The van der Waals surface area contributed by atoms with E-state index in [1.54, 1.807) is 13.8 Å². The van der Waals surface area contributed by atoms with Crippen LogP contribution in [0.5, 0.6) is 0 Å². The minimum absolute atomic E-state index is 0.134. The van der Waals surface area contributed by atoms with Crippen LogP contribution in [-0.2, 0) is 9.53 Å². The lowest BCUT2D eigenvalue weighted by Crippen LogP contribution is -2.26. The standard InChI is InChI=1S/C17H19NO3S/c1-12(2)21-15(19)8-10-18-17(20)16-14(9-11-22-16)13-6-4-3-5-7-13/h3-7,9,11-12H,8,10H2,1-2H3,(H,18,20). The molecule has 4 nitrogen and oxygen atoms in total. The number of esters is 1. The number of thiophene rings is 1. The molecular formula is C17H19NO3S. The molecule has 116 valence electrons. The van der Waals surface area contributed by atoms with Crippen molar-refractivity contribution in [2.75, 3.05) is 6.54 Å². The number of hydrogen-bond acceptors (Lipinski definition) is 4. The minimum atomic E-state index is -0.301. The Kier molecular flexibility index (Phi) is 5.72. The van der Waals surface area contributed by atoms with E-state index in [1.807, 2.05) is 41.8 Å². The molecule has 0 atom stereocenters. The average Bonchev–Trinajstić information content (AvgIpc) is 2.96. The van der Waals surface area contributed by atoms with Crippen LogP contribution in [0.2, 0.25) is 0 Å². The van der Waals surface area contributed by atoms with Gasteiger partial charge in [-0.05, 0) is 30.9 Å². The van der Waals surface area contributed by atoms with Crippen LogP contribution in [0.25, 0.3) is 11.1 Å². The molecule has 1 heterocycles. The fourth-order valence-electron chi connectivity index (χ4n) is 2.01. The zero-order valence-electron chi connectivity index (χ0n) is 12.7. The van der Waals surface area contributed by atoms with Crippen LogP contribution in [0.3, 0.4) is 0 Å². The van der Waals surface area contributed by atoms with E-state index in [9.17, 15) is 9.59 Å². The Morgan fingerprint density at radius 1 is 1.18 bits per heavy atom. The first-order chi connectivity index (χ1) is 10.6. The van der Waals surface area contributed by atoms with Crippen LogP contribution in [0.1, 0.15) is 29.9 Å². The van der Waals surface area contributed by atoms with E-state index in [0.717, 1.165) is 11.1 Å². The molecule has 1 aromatic heterocycles. The van der Waals surface area contributed by atoms with Crippen molar-refractivity contribution in [3.63, 3.8) is 0 Å². The van der Waals surface area contributed by atoms with Gasteiger partial charge < -0.3 is 10.1 Å². The monoisotopic (exact) mass is 317 g/mol. The molecule has 0 aliphatic carbocycles. The minimum Gasteiger partial charge on any atom is -0.463 e. The molecule has 22 heavy (non-hydrogen) atoms. The number of nitrogens with one attached hydrogen (secondary N) is 1.